The van der Waals surface area contributed by atoms with Gasteiger partial charge in [0, 0.05) is 36.4 Å². The number of carboxylic acid groups (broad SMARTS) is 1. The van der Waals surface area contributed by atoms with Gasteiger partial charge in [-0.05, 0) is 19.3 Å². The average Bonchev–Trinajstić information content (AvgIpc) is 2.70. The number of nitrogens with one attached hydrogen (secondary N) is 2. The molecule has 0 bridgehead atoms. The summed E-state index contributed by atoms with van der Waals surface area (Å²) in [5, 5.41) is 11.0. The highest BCUT2D eigenvalue weighted by molar-refractivity contribution is 8.01. The lowest BCUT2D eigenvalue weighted by molar-refractivity contribution is -0.459. The van der Waals surface area contributed by atoms with Gasteiger partial charge in [0.05, 0.1) is 28.6 Å². The number of alkyl halides is 2. The number of nitrogens with two attached hydrogens (primary N) is 3. The lowest BCUT2D eigenvalue weighted by Crippen LogP contribution is -2.78. The van der Waals surface area contributed by atoms with Gasteiger partial charge in [0.2, 0.25) is 0 Å². The van der Waals surface area contributed by atoms with Crippen LogP contribution in [0.5, 0.6) is 0 Å². The minimum Gasteiger partial charge on any atom is -0.748 e. The van der Waals surface area contributed by atoms with E-state index in [4.69, 9.17) is 50.0 Å². The number of guanidine groups is 1. The van der Waals surface area contributed by atoms with Crippen molar-refractivity contribution in [2.45, 2.75) is 30.7 Å². The minimum absolute atomic E-state index is 0.138. The molecule has 196 valence electrons. The van der Waals surface area contributed by atoms with E-state index in [0.29, 0.717) is 38.9 Å². The zero-order chi connectivity index (χ0) is 25.5. The molecule has 0 aromatic heterocycles. The van der Waals surface area contributed by atoms with Crippen LogP contribution in [0.3, 0.4) is 0 Å². The quantitative estimate of drug-likeness (QED) is 0.0330. The second-order valence-corrected chi connectivity index (χ2v) is 12.4. The van der Waals surface area contributed by atoms with Gasteiger partial charge in [0.15, 0.2) is 0 Å². The Bertz CT molecular complexity index is 755. The monoisotopic (exact) mass is 574 g/mol. The predicted molar refractivity (Wildman–Crippen MR) is 129 cm³/mol. The van der Waals surface area contributed by atoms with E-state index in [1.54, 1.807) is 4.67 Å². The zero-order valence-corrected chi connectivity index (χ0v) is 22.1. The summed E-state index contributed by atoms with van der Waals surface area (Å²) in [6, 6.07) is -0.800. The average molecular weight is 575 g/mol. The van der Waals surface area contributed by atoms with Gasteiger partial charge in [-0.25, -0.2) is 18.2 Å². The van der Waals surface area contributed by atoms with Crippen LogP contribution in [0.2, 0.25) is 0 Å². The highest BCUT2D eigenvalue weighted by Crippen LogP contribution is 2.50. The van der Waals surface area contributed by atoms with Crippen LogP contribution in [0, 0.1) is 0 Å². The first kappa shape index (κ1) is 32.7. The first-order valence-corrected chi connectivity index (χ1v) is 15.2. The zero-order valence-electron chi connectivity index (χ0n) is 18.0. The van der Waals surface area contributed by atoms with Gasteiger partial charge in [-0.15, -0.1) is 35.0 Å². The van der Waals surface area contributed by atoms with E-state index in [9.17, 15) is 22.3 Å². The van der Waals surface area contributed by atoms with E-state index in [1.165, 1.54) is 11.8 Å². The normalized spacial score (nSPS) is 21.7. The molecule has 13 nitrogen and oxygen atoms in total. The molecular weight excluding hydrogens is 542 g/mol. The summed E-state index contributed by atoms with van der Waals surface area (Å²) >= 11 is 12.6. The van der Waals surface area contributed by atoms with Crippen LogP contribution in [0.15, 0.2) is 0 Å². The van der Waals surface area contributed by atoms with Crippen LogP contribution in [-0.4, -0.2) is 95.6 Å². The smallest absolute Gasteiger partial charge is 0.344 e. The molecule has 9 N–H and O–H groups in total. The Hall–Kier alpha value is -0.350. The van der Waals surface area contributed by atoms with Gasteiger partial charge < -0.3 is 19.9 Å². The van der Waals surface area contributed by atoms with Gasteiger partial charge in [-0.3, -0.25) is 25.8 Å². The van der Waals surface area contributed by atoms with Gasteiger partial charge >= 0.3 is 19.6 Å². The van der Waals surface area contributed by atoms with Crippen LogP contribution in [0.25, 0.3) is 0 Å². The number of halogens is 2. The number of hydrogen-bond acceptors (Lipinski definition) is 8. The first-order valence-electron chi connectivity index (χ1n) is 9.89. The molecule has 18 heteroatoms. The third-order valence-corrected chi connectivity index (χ3v) is 8.99. The number of aliphatic carboxylic acids is 1. The molecule has 1 heterocycles. The van der Waals surface area contributed by atoms with E-state index < -0.39 is 35.6 Å². The fraction of sp³-hybridized carbons (Fsp3) is 0.867. The molecule has 1 aliphatic heterocycles. The van der Waals surface area contributed by atoms with E-state index in [-0.39, 0.29) is 35.5 Å². The van der Waals surface area contributed by atoms with Crippen molar-refractivity contribution in [1.29, 1.82) is 0 Å². The summed E-state index contributed by atoms with van der Waals surface area (Å²) in [7, 11) is -7.46. The van der Waals surface area contributed by atoms with Crippen LogP contribution in [-0.2, 0) is 24.0 Å². The maximum Gasteiger partial charge on any atom is 0.344 e. The summed E-state index contributed by atoms with van der Waals surface area (Å²) in [5.74, 6) is -0.572. The Kier molecular flexibility index (Phi) is 17.0. The molecule has 33 heavy (non-hydrogen) atoms. The van der Waals surface area contributed by atoms with E-state index in [0.717, 1.165) is 0 Å². The van der Waals surface area contributed by atoms with Crippen molar-refractivity contribution in [2.75, 3.05) is 49.5 Å². The third kappa shape index (κ3) is 16.0. The molecule has 1 rings (SSSR count). The van der Waals surface area contributed by atoms with Crippen molar-refractivity contribution in [3.05, 3.63) is 0 Å². The Morgan fingerprint density at radius 3 is 2.45 bits per heavy atom. The number of carboxylic acids is 1. The van der Waals surface area contributed by atoms with Crippen molar-refractivity contribution >= 4 is 64.7 Å². The number of thioether (sulfide) groups is 1. The molecule has 3 unspecified atom stereocenters. The maximum absolute atomic E-state index is 12.8. The number of rotatable bonds is 14. The lowest BCUT2D eigenvalue weighted by Gasteiger charge is -2.36. The van der Waals surface area contributed by atoms with Gasteiger partial charge in [-0.2, -0.15) is 0 Å². The number of nitrogens with zero attached hydrogens (tertiary/aromatic N) is 1. The molecule has 0 saturated carbocycles. The van der Waals surface area contributed by atoms with Crippen molar-refractivity contribution in [3.8, 4) is 0 Å². The molecule has 3 atom stereocenters. The Morgan fingerprint density at radius 1 is 1.36 bits per heavy atom. The predicted octanol–water partition coefficient (Wildman–Crippen LogP) is -1.98. The summed E-state index contributed by atoms with van der Waals surface area (Å²) < 4.78 is 51.4. The Morgan fingerprint density at radius 2 is 1.97 bits per heavy atom. The second kappa shape index (κ2) is 17.1. The molecule has 0 amide bonds. The molecule has 0 spiro atoms. The van der Waals surface area contributed by atoms with Crippen LogP contribution < -0.4 is 27.3 Å². The second-order valence-electron chi connectivity index (χ2n) is 6.69. The van der Waals surface area contributed by atoms with Crippen LogP contribution in [0.4, 0.5) is 0 Å². The van der Waals surface area contributed by atoms with Crippen molar-refractivity contribution in [1.82, 2.24) is 9.76 Å². The third-order valence-electron chi connectivity index (χ3n) is 4.00. The molecule has 0 aromatic carbocycles. The molecule has 1 aliphatic rings. The topological polar surface area (TPSA) is 228 Å². The molecule has 1 saturated heterocycles. The van der Waals surface area contributed by atoms with Gasteiger partial charge in [0.1, 0.15) is 6.04 Å². The van der Waals surface area contributed by atoms with Gasteiger partial charge in [0.25, 0.3) is 0 Å². The fourth-order valence-corrected chi connectivity index (χ4v) is 7.46. The van der Waals surface area contributed by atoms with Crippen LogP contribution >= 0.6 is 42.6 Å². The van der Waals surface area contributed by atoms with Crippen molar-refractivity contribution in [3.63, 3.8) is 0 Å². The van der Waals surface area contributed by atoms with E-state index >= 15 is 0 Å². The van der Waals surface area contributed by atoms with Crippen molar-refractivity contribution in [2.24, 2.45) is 17.2 Å². The lowest BCUT2D eigenvalue weighted by atomic mass is 10.2. The standard InChI is InChI=1S/C9H19Cl2N2O5PS2.C6H14N4O2/c10-2-4-13(5-3-11)19(14)12-9(1-6-18-19)20-7-8-21(15,16)17;7-4(5(11)12)2-1-3-10-6(8)9/h9H,1-8H2,(H,12,14)(H,15,16,17);4H,1-3,7H2,(H,11,12)(H4,8,9,10). The highest BCUT2D eigenvalue weighted by atomic mass is 35.5. The minimum atomic E-state index is -4.23. The summed E-state index contributed by atoms with van der Waals surface area (Å²) in [6.07, 6.45) is 1.62. The Labute approximate surface area is 208 Å². The molecule has 0 aromatic rings. The first-order chi connectivity index (χ1) is 15.3. The summed E-state index contributed by atoms with van der Waals surface area (Å²) in [5.41, 5.74) is 15.4. The SMILES string of the molecule is NC(N)=[NH+]CCCC(N)C(=O)O.O=P1(N(CCCl)CCCl)NC(SCCS(=O)(=O)[O-])CCO1. The van der Waals surface area contributed by atoms with E-state index in [2.05, 4.69) is 10.1 Å². The van der Waals surface area contributed by atoms with Crippen molar-refractivity contribution < 1.29 is 37.0 Å². The number of carbonyl (C=O) groups is 1. The summed E-state index contributed by atoms with van der Waals surface area (Å²) in [4.78, 5) is 12.9. The maximum atomic E-state index is 12.8. The summed E-state index contributed by atoms with van der Waals surface area (Å²) in [6.45, 7) is 1.56. The number of hydrogen-bond donors (Lipinski definition) is 6. The van der Waals surface area contributed by atoms with Crippen LogP contribution in [0.1, 0.15) is 19.3 Å². The molecule has 1 fully saturated rings. The van der Waals surface area contributed by atoms with E-state index in [1.807, 2.05) is 0 Å². The highest BCUT2D eigenvalue weighted by Gasteiger charge is 2.37. The van der Waals surface area contributed by atoms with Gasteiger partial charge in [-0.1, -0.05) is 0 Å². The fourth-order valence-electron chi connectivity index (χ4n) is 2.39. The molecule has 0 radical (unpaired) electrons. The molecular formula is C15H33Cl2N6O7PS2. The Balaban J connectivity index is 0.000000728. The largest absolute Gasteiger partial charge is 0.748 e. The molecule has 0 aliphatic carbocycles.